The first-order valence-electron chi connectivity index (χ1n) is 8.28. The number of nitrogens with zero attached hydrogens (tertiary/aromatic N) is 3. The van der Waals surface area contributed by atoms with Crippen LogP contribution >= 0.6 is 0 Å². The fourth-order valence-corrected chi connectivity index (χ4v) is 2.95. The van der Waals surface area contributed by atoms with Gasteiger partial charge in [-0.15, -0.1) is 0 Å². The average Bonchev–Trinajstić information content (AvgIpc) is 3.15. The van der Waals surface area contributed by atoms with E-state index in [2.05, 4.69) is 15.5 Å². The number of aromatic nitrogens is 3. The molecule has 8 nitrogen and oxygen atoms in total. The highest BCUT2D eigenvalue weighted by Crippen LogP contribution is 2.36. The minimum atomic E-state index is -1.05. The molecule has 0 bridgehead atoms. The van der Waals surface area contributed by atoms with Crippen molar-refractivity contribution in [2.75, 3.05) is 11.9 Å². The Balaban J connectivity index is 1.72. The zero-order valence-corrected chi connectivity index (χ0v) is 14.6. The van der Waals surface area contributed by atoms with Gasteiger partial charge >= 0.3 is 0 Å². The Hall–Kier alpha value is -3.56. The van der Waals surface area contributed by atoms with Crippen LogP contribution in [0.2, 0.25) is 0 Å². The van der Waals surface area contributed by atoms with E-state index in [9.17, 15) is 18.4 Å². The third-order valence-corrected chi connectivity index (χ3v) is 4.45. The van der Waals surface area contributed by atoms with Crippen molar-refractivity contribution in [2.24, 2.45) is 0 Å². The van der Waals surface area contributed by atoms with Crippen LogP contribution in [0.15, 0.2) is 39.9 Å². The van der Waals surface area contributed by atoms with Crippen molar-refractivity contribution in [3.8, 4) is 17.1 Å². The number of ether oxygens (including phenoxy) is 1. The first-order chi connectivity index (χ1) is 13.4. The maximum absolute atomic E-state index is 14.0. The van der Waals surface area contributed by atoms with Crippen molar-refractivity contribution in [2.45, 2.75) is 19.0 Å². The van der Waals surface area contributed by atoms with E-state index in [1.807, 2.05) is 0 Å². The molecule has 0 aliphatic carbocycles. The summed E-state index contributed by atoms with van der Waals surface area (Å²) in [6.07, 6.45) is 1.79. The van der Waals surface area contributed by atoms with Gasteiger partial charge in [-0.3, -0.25) is 9.36 Å². The van der Waals surface area contributed by atoms with Gasteiger partial charge in [0.15, 0.2) is 11.4 Å². The Morgan fingerprint density at radius 1 is 1.36 bits per heavy atom. The second-order valence-corrected chi connectivity index (χ2v) is 6.47. The van der Waals surface area contributed by atoms with Crippen LogP contribution in [0.5, 0.6) is 5.88 Å². The highest BCUT2D eigenvalue weighted by Gasteiger charge is 2.39. The molecule has 144 valence electrons. The summed E-state index contributed by atoms with van der Waals surface area (Å²) >= 11 is 0. The molecule has 3 aromatic rings. The van der Waals surface area contributed by atoms with Crippen molar-refractivity contribution in [1.82, 2.24) is 14.7 Å². The van der Waals surface area contributed by atoms with Crippen molar-refractivity contribution < 1.29 is 22.8 Å². The van der Waals surface area contributed by atoms with E-state index in [1.165, 1.54) is 18.5 Å². The third kappa shape index (κ3) is 2.82. The first-order valence-corrected chi connectivity index (χ1v) is 8.28. The molecule has 0 fully saturated rings. The van der Waals surface area contributed by atoms with Crippen LogP contribution < -0.4 is 15.6 Å². The lowest BCUT2D eigenvalue weighted by Gasteiger charge is -2.33. The largest absolute Gasteiger partial charge is 0.473 e. The van der Waals surface area contributed by atoms with Gasteiger partial charge in [0.05, 0.1) is 12.1 Å². The molecule has 28 heavy (non-hydrogen) atoms. The van der Waals surface area contributed by atoms with Gasteiger partial charge in [-0.05, 0) is 19.1 Å². The molecule has 0 saturated heterocycles. The number of hydrogen-bond acceptors (Lipinski definition) is 7. The van der Waals surface area contributed by atoms with Crippen LogP contribution in [-0.4, -0.2) is 27.6 Å². The Morgan fingerprint density at radius 2 is 2.11 bits per heavy atom. The minimum Gasteiger partial charge on any atom is -0.473 e. The zero-order chi connectivity index (χ0) is 19.9. The van der Waals surface area contributed by atoms with Gasteiger partial charge in [-0.1, -0.05) is 11.2 Å². The molecule has 0 saturated carbocycles. The van der Waals surface area contributed by atoms with Crippen molar-refractivity contribution in [1.29, 1.82) is 0 Å². The summed E-state index contributed by atoms with van der Waals surface area (Å²) in [5, 5.41) is 6.75. The lowest BCUT2D eigenvalue weighted by atomic mass is 9.97. The molecular formula is C18H14F2N4O4. The van der Waals surface area contributed by atoms with Crippen LogP contribution in [0.3, 0.4) is 0 Å². The lowest BCUT2D eigenvalue weighted by Crippen LogP contribution is -2.44. The van der Waals surface area contributed by atoms with Crippen LogP contribution in [0.4, 0.5) is 14.5 Å². The highest BCUT2D eigenvalue weighted by atomic mass is 19.1. The minimum absolute atomic E-state index is 0.0241. The summed E-state index contributed by atoms with van der Waals surface area (Å²) in [7, 11) is 0. The normalized spacial score (nSPS) is 18.1. The summed E-state index contributed by atoms with van der Waals surface area (Å²) in [5.41, 5.74) is -1.84. The molecular weight excluding hydrogens is 374 g/mol. The van der Waals surface area contributed by atoms with E-state index in [-0.39, 0.29) is 41.7 Å². The van der Waals surface area contributed by atoms with E-state index in [4.69, 9.17) is 9.26 Å². The lowest BCUT2D eigenvalue weighted by molar-refractivity contribution is -0.108. The number of anilines is 1. The molecule has 1 N–H and O–H groups in total. The second-order valence-electron chi connectivity index (χ2n) is 6.47. The highest BCUT2D eigenvalue weighted by molar-refractivity contribution is 5.62. The van der Waals surface area contributed by atoms with E-state index >= 15 is 0 Å². The number of halogens is 2. The van der Waals surface area contributed by atoms with Crippen molar-refractivity contribution in [3.05, 3.63) is 58.3 Å². The number of aldehydes is 1. The predicted octanol–water partition coefficient (Wildman–Crippen LogP) is 2.10. The molecule has 1 aliphatic heterocycles. The molecule has 0 amide bonds. The molecule has 10 heteroatoms. The Bertz CT molecular complexity index is 1110. The van der Waals surface area contributed by atoms with Gasteiger partial charge in [0.2, 0.25) is 5.88 Å². The first kappa shape index (κ1) is 17.8. The molecule has 1 aliphatic rings. The molecule has 1 unspecified atom stereocenters. The van der Waals surface area contributed by atoms with Gasteiger partial charge in [0.1, 0.15) is 42.1 Å². The van der Waals surface area contributed by atoms with Crippen LogP contribution in [0, 0.1) is 11.6 Å². The van der Waals surface area contributed by atoms with Crippen LogP contribution in [-0.2, 0) is 16.9 Å². The summed E-state index contributed by atoms with van der Waals surface area (Å²) < 4.78 is 40.0. The van der Waals surface area contributed by atoms with Gasteiger partial charge in [-0.2, -0.15) is 0 Å². The van der Waals surface area contributed by atoms with E-state index in [1.54, 1.807) is 6.92 Å². The Morgan fingerprint density at radius 3 is 2.82 bits per heavy atom. The zero-order valence-electron chi connectivity index (χ0n) is 14.6. The van der Waals surface area contributed by atoms with Crippen molar-refractivity contribution >= 4 is 12.0 Å². The third-order valence-electron chi connectivity index (χ3n) is 4.45. The molecule has 1 atom stereocenters. The fraction of sp³-hybridized carbons (Fsp3) is 0.222. The average molecular weight is 388 g/mol. The SMILES string of the molecule is CC1(c2cc(-c3c(F)cccc3F)no2)COc2ncn(CC=O)c(=O)c2N1. The number of nitrogens with one attached hydrogen (secondary N) is 1. The smallest absolute Gasteiger partial charge is 0.281 e. The number of hydrogen-bond donors (Lipinski definition) is 1. The quantitative estimate of drug-likeness (QED) is 0.683. The summed E-state index contributed by atoms with van der Waals surface area (Å²) in [5.74, 6) is -1.25. The van der Waals surface area contributed by atoms with Gasteiger partial charge in [-0.25, -0.2) is 13.8 Å². The Labute approximate surface area is 156 Å². The molecule has 1 aromatic carbocycles. The molecule has 4 rings (SSSR count). The van der Waals surface area contributed by atoms with Gasteiger partial charge < -0.3 is 19.4 Å². The monoisotopic (exact) mass is 388 g/mol. The van der Waals surface area contributed by atoms with E-state index < -0.39 is 22.7 Å². The molecule has 2 aromatic heterocycles. The standard InChI is InChI=1S/C18H14F2N4O4/c1-18(8-27-16-15(22-18)17(26)24(5-6-25)9-21-16)13-7-12(23-28-13)14-10(19)3-2-4-11(14)20/h2-4,6-7,9,22H,5,8H2,1H3. The fourth-order valence-electron chi connectivity index (χ4n) is 2.95. The van der Waals surface area contributed by atoms with Gasteiger partial charge in [0, 0.05) is 6.07 Å². The van der Waals surface area contributed by atoms with Crippen LogP contribution in [0.25, 0.3) is 11.3 Å². The topological polar surface area (TPSA) is 99.2 Å². The Kier molecular flexibility index (Phi) is 4.17. The summed E-state index contributed by atoms with van der Waals surface area (Å²) in [6.45, 7) is 1.55. The number of fused-ring (bicyclic) bond motifs is 1. The summed E-state index contributed by atoms with van der Waals surface area (Å²) in [6, 6.07) is 4.87. The molecule has 0 radical (unpaired) electrons. The van der Waals surface area contributed by atoms with Crippen molar-refractivity contribution in [3.63, 3.8) is 0 Å². The summed E-state index contributed by atoms with van der Waals surface area (Å²) in [4.78, 5) is 27.2. The number of benzene rings is 1. The molecule has 0 spiro atoms. The second kappa shape index (κ2) is 6.55. The number of rotatable bonds is 4. The van der Waals surface area contributed by atoms with Gasteiger partial charge in [0.25, 0.3) is 5.56 Å². The van der Waals surface area contributed by atoms with Crippen LogP contribution in [0.1, 0.15) is 12.7 Å². The number of carbonyl (C=O) groups is 1. The maximum atomic E-state index is 14.0. The predicted molar refractivity (Wildman–Crippen MR) is 92.9 cm³/mol. The van der Waals surface area contributed by atoms with E-state index in [0.29, 0.717) is 6.29 Å². The number of carbonyl (C=O) groups excluding carboxylic acids is 1. The maximum Gasteiger partial charge on any atom is 0.281 e. The van der Waals surface area contributed by atoms with E-state index in [0.717, 1.165) is 16.7 Å². The molecule has 3 heterocycles.